The van der Waals surface area contributed by atoms with Gasteiger partial charge in [-0.15, -0.1) is 23.1 Å². The average molecular weight is 422 g/mol. The molecule has 0 atom stereocenters. The minimum absolute atomic E-state index is 0.0519. The monoisotopic (exact) mass is 421 g/mol. The van der Waals surface area contributed by atoms with Gasteiger partial charge in [-0.25, -0.2) is 5.43 Å². The van der Waals surface area contributed by atoms with E-state index in [2.05, 4.69) is 76.1 Å². The van der Waals surface area contributed by atoms with E-state index < -0.39 is 0 Å². The molecule has 0 spiro atoms. The third-order valence-electron chi connectivity index (χ3n) is 4.85. The molecule has 0 saturated carbocycles. The molecular formula is C23H23N3OS2. The van der Waals surface area contributed by atoms with Gasteiger partial charge in [0.25, 0.3) is 0 Å². The Morgan fingerprint density at radius 3 is 2.31 bits per heavy atom. The molecule has 1 fully saturated rings. The second kappa shape index (κ2) is 9.87. The van der Waals surface area contributed by atoms with Gasteiger partial charge in [-0.1, -0.05) is 66.7 Å². The molecule has 4 rings (SSSR count). The fourth-order valence-electron chi connectivity index (χ4n) is 3.43. The van der Waals surface area contributed by atoms with Crippen molar-refractivity contribution in [3.8, 4) is 0 Å². The van der Waals surface area contributed by atoms with E-state index in [1.54, 1.807) is 29.3 Å². The fraction of sp³-hybridized carbons (Fsp3) is 0.217. The highest BCUT2D eigenvalue weighted by molar-refractivity contribution is 8.00. The molecule has 1 saturated heterocycles. The molecule has 1 amide bonds. The van der Waals surface area contributed by atoms with Crippen molar-refractivity contribution >= 4 is 35.2 Å². The Hall–Kier alpha value is -2.41. The van der Waals surface area contributed by atoms with E-state index in [-0.39, 0.29) is 11.9 Å². The molecule has 3 aromatic rings. The van der Waals surface area contributed by atoms with Gasteiger partial charge in [0, 0.05) is 23.2 Å². The van der Waals surface area contributed by atoms with Crippen LogP contribution < -0.4 is 5.43 Å². The molecule has 0 radical (unpaired) electrons. The predicted molar refractivity (Wildman–Crippen MR) is 123 cm³/mol. The van der Waals surface area contributed by atoms with Gasteiger partial charge in [0.2, 0.25) is 5.91 Å². The molecule has 0 bridgehead atoms. The minimum Gasteiger partial charge on any atom is -0.290 e. The van der Waals surface area contributed by atoms with Crippen molar-refractivity contribution in [2.24, 2.45) is 5.10 Å². The molecule has 1 N–H and O–H groups in total. The maximum absolute atomic E-state index is 12.0. The number of thiophene rings is 1. The van der Waals surface area contributed by atoms with E-state index in [1.807, 2.05) is 17.5 Å². The van der Waals surface area contributed by atoms with Gasteiger partial charge >= 0.3 is 0 Å². The lowest BCUT2D eigenvalue weighted by atomic mass is 9.94. The first-order chi connectivity index (χ1) is 14.3. The molecule has 0 unspecified atom stereocenters. The Labute approximate surface area is 179 Å². The van der Waals surface area contributed by atoms with Gasteiger partial charge < -0.3 is 0 Å². The maximum Gasteiger partial charge on any atom is 0.250 e. The molecule has 1 aliphatic rings. The Morgan fingerprint density at radius 2 is 1.72 bits per heavy atom. The summed E-state index contributed by atoms with van der Waals surface area (Å²) in [5.41, 5.74) is 5.23. The van der Waals surface area contributed by atoms with Crippen LogP contribution in [0.15, 0.2) is 83.3 Å². The SMILES string of the molecule is O=C(CSC1CN(C(c2ccccc2)c2ccccc2)C1)N/N=C\c1cccs1. The number of benzene rings is 2. The number of amides is 1. The average Bonchev–Trinajstić information content (AvgIpc) is 3.24. The van der Waals surface area contributed by atoms with Crippen LogP contribution in [0.5, 0.6) is 0 Å². The number of carbonyl (C=O) groups excluding carboxylic acids is 1. The number of rotatable bonds is 8. The number of carbonyl (C=O) groups is 1. The van der Waals surface area contributed by atoms with E-state index in [9.17, 15) is 4.79 Å². The van der Waals surface area contributed by atoms with Crippen LogP contribution >= 0.6 is 23.1 Å². The van der Waals surface area contributed by atoms with Crippen molar-refractivity contribution in [2.75, 3.05) is 18.8 Å². The zero-order valence-electron chi connectivity index (χ0n) is 16.0. The van der Waals surface area contributed by atoms with Crippen molar-refractivity contribution in [3.05, 3.63) is 94.2 Å². The van der Waals surface area contributed by atoms with Crippen LogP contribution in [0.4, 0.5) is 0 Å². The molecule has 2 heterocycles. The third-order valence-corrected chi connectivity index (χ3v) is 6.85. The van der Waals surface area contributed by atoms with Gasteiger partial charge in [0.1, 0.15) is 0 Å². The largest absolute Gasteiger partial charge is 0.290 e. The Kier molecular flexibility index (Phi) is 6.77. The summed E-state index contributed by atoms with van der Waals surface area (Å²) >= 11 is 3.30. The molecule has 0 aliphatic carbocycles. The van der Waals surface area contributed by atoms with Gasteiger partial charge in [-0.05, 0) is 22.6 Å². The number of nitrogens with zero attached hydrogens (tertiary/aromatic N) is 2. The van der Waals surface area contributed by atoms with Gasteiger partial charge in [-0.2, -0.15) is 5.10 Å². The topological polar surface area (TPSA) is 44.7 Å². The minimum atomic E-state index is -0.0519. The highest BCUT2D eigenvalue weighted by atomic mass is 32.2. The van der Waals surface area contributed by atoms with E-state index >= 15 is 0 Å². The van der Waals surface area contributed by atoms with Crippen LogP contribution in [0.1, 0.15) is 22.0 Å². The Bertz CT molecular complexity index is 884. The molecule has 1 aliphatic heterocycles. The number of hydrogen-bond donors (Lipinski definition) is 1. The highest BCUT2D eigenvalue weighted by Gasteiger charge is 2.34. The number of hydrogen-bond acceptors (Lipinski definition) is 5. The van der Waals surface area contributed by atoms with Gasteiger partial charge in [0.05, 0.1) is 18.0 Å². The van der Waals surface area contributed by atoms with Gasteiger partial charge in [-0.3, -0.25) is 9.69 Å². The molecule has 1 aromatic heterocycles. The van der Waals surface area contributed by atoms with Crippen molar-refractivity contribution in [3.63, 3.8) is 0 Å². The number of likely N-dealkylation sites (tertiary alicyclic amines) is 1. The summed E-state index contributed by atoms with van der Waals surface area (Å²) in [5.74, 6) is 0.380. The van der Waals surface area contributed by atoms with E-state index in [0.717, 1.165) is 18.0 Å². The van der Waals surface area contributed by atoms with Crippen LogP contribution in [0.25, 0.3) is 0 Å². The summed E-state index contributed by atoms with van der Waals surface area (Å²) in [6.07, 6.45) is 1.68. The zero-order chi connectivity index (χ0) is 19.9. The van der Waals surface area contributed by atoms with E-state index in [4.69, 9.17) is 0 Å². The first-order valence-corrected chi connectivity index (χ1v) is 11.5. The summed E-state index contributed by atoms with van der Waals surface area (Å²) in [7, 11) is 0. The highest BCUT2D eigenvalue weighted by Crippen LogP contribution is 2.35. The third kappa shape index (κ3) is 5.35. The molecule has 6 heteroatoms. The molecular weight excluding hydrogens is 398 g/mol. The predicted octanol–water partition coefficient (Wildman–Crippen LogP) is 4.41. The Balaban J connectivity index is 1.28. The van der Waals surface area contributed by atoms with E-state index in [0.29, 0.717) is 11.0 Å². The van der Waals surface area contributed by atoms with Crippen molar-refractivity contribution in [2.45, 2.75) is 11.3 Å². The van der Waals surface area contributed by atoms with Crippen LogP contribution in [-0.4, -0.2) is 41.1 Å². The van der Waals surface area contributed by atoms with Crippen molar-refractivity contribution < 1.29 is 4.79 Å². The number of nitrogens with one attached hydrogen (secondary N) is 1. The smallest absolute Gasteiger partial charge is 0.250 e. The lowest BCUT2D eigenvalue weighted by molar-refractivity contribution is -0.118. The lowest BCUT2D eigenvalue weighted by Crippen LogP contribution is -2.51. The fourth-order valence-corrected chi connectivity index (χ4v) is 5.06. The van der Waals surface area contributed by atoms with Crippen LogP contribution in [0.3, 0.4) is 0 Å². The molecule has 29 heavy (non-hydrogen) atoms. The van der Waals surface area contributed by atoms with Crippen LogP contribution in [0, 0.1) is 0 Å². The Morgan fingerprint density at radius 1 is 1.07 bits per heavy atom. The molecule has 148 valence electrons. The quantitative estimate of drug-likeness (QED) is 0.433. The zero-order valence-corrected chi connectivity index (χ0v) is 17.6. The van der Waals surface area contributed by atoms with Crippen molar-refractivity contribution in [1.82, 2.24) is 10.3 Å². The van der Waals surface area contributed by atoms with Crippen LogP contribution in [0.2, 0.25) is 0 Å². The standard InChI is InChI=1S/C23H23N3OS2/c27-22(25-24-14-20-12-7-13-28-20)17-29-21-15-26(16-21)23(18-8-3-1-4-9-18)19-10-5-2-6-11-19/h1-14,21,23H,15-17H2,(H,25,27)/b24-14-. The van der Waals surface area contributed by atoms with E-state index in [1.165, 1.54) is 11.1 Å². The summed E-state index contributed by atoms with van der Waals surface area (Å²) in [4.78, 5) is 15.5. The second-order valence-corrected chi connectivity index (χ2v) is 9.19. The summed E-state index contributed by atoms with van der Waals surface area (Å²) in [6, 6.07) is 25.5. The van der Waals surface area contributed by atoms with Crippen molar-refractivity contribution in [1.29, 1.82) is 0 Å². The first kappa shape index (κ1) is 19.9. The van der Waals surface area contributed by atoms with Gasteiger partial charge in [0.15, 0.2) is 0 Å². The first-order valence-electron chi connectivity index (χ1n) is 9.60. The number of hydrazone groups is 1. The lowest BCUT2D eigenvalue weighted by Gasteiger charge is -2.44. The summed E-state index contributed by atoms with van der Waals surface area (Å²) < 4.78 is 0. The normalized spacial score (nSPS) is 14.9. The van der Waals surface area contributed by atoms with Crippen LogP contribution in [-0.2, 0) is 4.79 Å². The molecule has 2 aromatic carbocycles. The number of thioether (sulfide) groups is 1. The summed E-state index contributed by atoms with van der Waals surface area (Å²) in [6.45, 7) is 1.95. The summed E-state index contributed by atoms with van der Waals surface area (Å²) in [5, 5.41) is 6.48. The second-order valence-electron chi connectivity index (χ2n) is 6.92. The maximum atomic E-state index is 12.0. The molecule has 4 nitrogen and oxygen atoms in total.